The Morgan fingerprint density at radius 2 is 0.767 bits per heavy atom. The van der Waals surface area contributed by atoms with Crippen LogP contribution in [0.4, 0.5) is 17.1 Å². The quantitative estimate of drug-likeness (QED) is 0.150. The standard InChI is InChI=1S/C58H40N2/c1-3-15-44(16-4-1)56-40-50(37-38-53(56)46-19-13-22-49(39-46)60-57-27-11-9-24-54(57)55-25-10-12-28-58(55)60)59(47-20-5-2-6-21-47)48-35-33-42(34-36-48)41-29-31-45(32-30-41)52-26-14-18-43-17-7-8-23-51(43)52/h1-40H. The molecular formula is C58H40N2. The zero-order chi connectivity index (χ0) is 39.8. The van der Waals surface area contributed by atoms with Gasteiger partial charge in [0.25, 0.3) is 0 Å². The minimum Gasteiger partial charge on any atom is -0.310 e. The van der Waals surface area contributed by atoms with E-state index in [-0.39, 0.29) is 0 Å². The fourth-order valence-corrected chi connectivity index (χ4v) is 8.94. The Kier molecular flexibility index (Phi) is 8.87. The third-order valence-corrected chi connectivity index (χ3v) is 11.8. The van der Waals surface area contributed by atoms with Gasteiger partial charge in [-0.05, 0) is 116 Å². The highest BCUT2D eigenvalue weighted by Gasteiger charge is 2.18. The van der Waals surface area contributed by atoms with Crippen molar-refractivity contribution < 1.29 is 0 Å². The number of para-hydroxylation sites is 3. The SMILES string of the molecule is c1ccc(-c2cc(N(c3ccccc3)c3ccc(-c4ccc(-c5cccc6ccccc56)cc4)cc3)ccc2-c2cccc(-n3c4ccccc4c4ccccc43)c2)cc1. The highest BCUT2D eigenvalue weighted by atomic mass is 15.1. The molecule has 0 amide bonds. The molecule has 0 radical (unpaired) electrons. The maximum Gasteiger partial charge on any atom is 0.0541 e. The van der Waals surface area contributed by atoms with Crippen molar-refractivity contribution in [1.29, 1.82) is 0 Å². The number of aromatic nitrogens is 1. The van der Waals surface area contributed by atoms with E-state index in [9.17, 15) is 0 Å². The lowest BCUT2D eigenvalue weighted by Gasteiger charge is -2.27. The Hall–Kier alpha value is -7.94. The summed E-state index contributed by atoms with van der Waals surface area (Å²) in [5.74, 6) is 0. The molecule has 0 saturated carbocycles. The summed E-state index contributed by atoms with van der Waals surface area (Å²) in [6, 6.07) is 87.8. The molecule has 0 spiro atoms. The van der Waals surface area contributed by atoms with Gasteiger partial charge in [-0.2, -0.15) is 0 Å². The molecule has 0 N–H and O–H groups in total. The van der Waals surface area contributed by atoms with Gasteiger partial charge < -0.3 is 9.47 Å². The fourth-order valence-electron chi connectivity index (χ4n) is 8.94. The average molecular weight is 765 g/mol. The maximum absolute atomic E-state index is 2.39. The number of anilines is 3. The molecule has 11 rings (SSSR count). The molecule has 0 aliphatic heterocycles. The van der Waals surface area contributed by atoms with Crippen molar-refractivity contribution in [3.05, 3.63) is 243 Å². The van der Waals surface area contributed by atoms with E-state index < -0.39 is 0 Å². The second-order valence-electron chi connectivity index (χ2n) is 15.3. The smallest absolute Gasteiger partial charge is 0.0541 e. The highest BCUT2D eigenvalue weighted by molar-refractivity contribution is 6.09. The molecule has 0 aliphatic carbocycles. The molecule has 2 heteroatoms. The van der Waals surface area contributed by atoms with Crippen LogP contribution in [-0.2, 0) is 0 Å². The van der Waals surface area contributed by atoms with Crippen LogP contribution >= 0.6 is 0 Å². The van der Waals surface area contributed by atoms with Gasteiger partial charge >= 0.3 is 0 Å². The molecule has 60 heavy (non-hydrogen) atoms. The number of hydrogen-bond acceptors (Lipinski definition) is 1. The second kappa shape index (κ2) is 15.1. The molecule has 0 fully saturated rings. The van der Waals surface area contributed by atoms with Gasteiger partial charge in [-0.25, -0.2) is 0 Å². The first-order chi connectivity index (χ1) is 29.8. The molecule has 1 heterocycles. The summed E-state index contributed by atoms with van der Waals surface area (Å²) in [5.41, 5.74) is 16.4. The van der Waals surface area contributed by atoms with Crippen molar-refractivity contribution in [3.8, 4) is 50.2 Å². The first kappa shape index (κ1) is 35.2. The number of fused-ring (bicyclic) bond motifs is 4. The van der Waals surface area contributed by atoms with Crippen LogP contribution < -0.4 is 4.90 Å². The van der Waals surface area contributed by atoms with Crippen LogP contribution in [0.5, 0.6) is 0 Å². The van der Waals surface area contributed by atoms with E-state index in [4.69, 9.17) is 0 Å². The van der Waals surface area contributed by atoms with Crippen LogP contribution in [-0.4, -0.2) is 4.57 Å². The van der Waals surface area contributed by atoms with Crippen LogP contribution in [0.15, 0.2) is 243 Å². The van der Waals surface area contributed by atoms with Crippen LogP contribution in [0.1, 0.15) is 0 Å². The monoisotopic (exact) mass is 764 g/mol. The van der Waals surface area contributed by atoms with E-state index in [1.807, 2.05) is 0 Å². The van der Waals surface area contributed by atoms with E-state index in [1.54, 1.807) is 0 Å². The van der Waals surface area contributed by atoms with Crippen molar-refractivity contribution in [2.75, 3.05) is 4.90 Å². The van der Waals surface area contributed by atoms with Crippen molar-refractivity contribution in [2.45, 2.75) is 0 Å². The predicted molar refractivity (Wildman–Crippen MR) is 255 cm³/mol. The molecule has 11 aromatic rings. The van der Waals surface area contributed by atoms with Crippen molar-refractivity contribution in [1.82, 2.24) is 4.57 Å². The lowest BCUT2D eigenvalue weighted by atomic mass is 9.93. The van der Waals surface area contributed by atoms with Gasteiger partial charge in [-0.1, -0.05) is 182 Å². The topological polar surface area (TPSA) is 8.17 Å². The second-order valence-corrected chi connectivity index (χ2v) is 15.3. The minimum absolute atomic E-state index is 1.09. The van der Waals surface area contributed by atoms with Crippen molar-refractivity contribution >= 4 is 49.6 Å². The lowest BCUT2D eigenvalue weighted by Crippen LogP contribution is -2.10. The van der Waals surface area contributed by atoms with Gasteiger partial charge in [0.15, 0.2) is 0 Å². The average Bonchev–Trinajstić information content (AvgIpc) is 3.67. The van der Waals surface area contributed by atoms with E-state index >= 15 is 0 Å². The van der Waals surface area contributed by atoms with Gasteiger partial charge in [0.2, 0.25) is 0 Å². The summed E-state index contributed by atoms with van der Waals surface area (Å²) in [4.78, 5) is 2.36. The molecule has 10 aromatic carbocycles. The number of nitrogens with zero attached hydrogens (tertiary/aromatic N) is 2. The first-order valence-electron chi connectivity index (χ1n) is 20.6. The molecule has 0 atom stereocenters. The molecule has 0 unspecified atom stereocenters. The molecule has 282 valence electrons. The van der Waals surface area contributed by atoms with Crippen LogP contribution in [0.2, 0.25) is 0 Å². The van der Waals surface area contributed by atoms with Crippen LogP contribution in [0, 0.1) is 0 Å². The molecule has 2 nitrogen and oxygen atoms in total. The van der Waals surface area contributed by atoms with E-state index in [1.165, 1.54) is 77.1 Å². The lowest BCUT2D eigenvalue weighted by molar-refractivity contribution is 1.18. The summed E-state index contributed by atoms with van der Waals surface area (Å²) >= 11 is 0. The zero-order valence-corrected chi connectivity index (χ0v) is 33.0. The first-order valence-corrected chi connectivity index (χ1v) is 20.6. The minimum atomic E-state index is 1.09. The van der Waals surface area contributed by atoms with E-state index in [0.29, 0.717) is 0 Å². The molecule has 0 aliphatic rings. The largest absolute Gasteiger partial charge is 0.310 e. The molecule has 1 aromatic heterocycles. The van der Waals surface area contributed by atoms with Crippen LogP contribution in [0.25, 0.3) is 82.8 Å². The zero-order valence-electron chi connectivity index (χ0n) is 33.0. The normalized spacial score (nSPS) is 11.3. The van der Waals surface area contributed by atoms with Crippen molar-refractivity contribution in [3.63, 3.8) is 0 Å². The Balaban J connectivity index is 0.982. The Labute approximate surface area is 350 Å². The number of hydrogen-bond donors (Lipinski definition) is 0. The summed E-state index contributed by atoms with van der Waals surface area (Å²) in [7, 11) is 0. The van der Waals surface area contributed by atoms with Gasteiger partial charge in [0.1, 0.15) is 0 Å². The fraction of sp³-hybridized carbons (Fsp3) is 0. The molecule has 0 bridgehead atoms. The number of benzene rings is 10. The third-order valence-electron chi connectivity index (χ3n) is 11.8. The predicted octanol–water partition coefficient (Wildman–Crippen LogP) is 16.1. The Bertz CT molecular complexity index is 3230. The summed E-state index contributed by atoms with van der Waals surface area (Å²) < 4.78 is 2.39. The highest BCUT2D eigenvalue weighted by Crippen LogP contribution is 2.42. The van der Waals surface area contributed by atoms with Gasteiger partial charge in [0, 0.05) is 33.5 Å². The Morgan fingerprint density at radius 3 is 1.48 bits per heavy atom. The Morgan fingerprint density at radius 1 is 0.267 bits per heavy atom. The summed E-state index contributed by atoms with van der Waals surface area (Å²) in [6.45, 7) is 0. The van der Waals surface area contributed by atoms with Crippen LogP contribution in [0.3, 0.4) is 0 Å². The van der Waals surface area contributed by atoms with Gasteiger partial charge in [-0.3, -0.25) is 0 Å². The third kappa shape index (κ3) is 6.32. The molecular weight excluding hydrogens is 725 g/mol. The summed E-state index contributed by atoms with van der Waals surface area (Å²) in [5, 5.41) is 5.05. The molecule has 0 saturated heterocycles. The van der Waals surface area contributed by atoms with E-state index in [0.717, 1.165) is 22.7 Å². The number of rotatable bonds is 8. The maximum atomic E-state index is 2.39. The summed E-state index contributed by atoms with van der Waals surface area (Å²) in [6.07, 6.45) is 0. The van der Waals surface area contributed by atoms with E-state index in [2.05, 4.69) is 252 Å². The van der Waals surface area contributed by atoms with Gasteiger partial charge in [0.05, 0.1) is 11.0 Å². The van der Waals surface area contributed by atoms with Gasteiger partial charge in [-0.15, -0.1) is 0 Å². The van der Waals surface area contributed by atoms with Crippen molar-refractivity contribution in [2.24, 2.45) is 0 Å².